The molecule has 0 aromatic heterocycles. The highest BCUT2D eigenvalue weighted by Crippen LogP contribution is 2.62. The van der Waals surface area contributed by atoms with E-state index in [0.29, 0.717) is 23.5 Å². The molecule has 0 aliphatic heterocycles. The van der Waals surface area contributed by atoms with Crippen LogP contribution in [-0.4, -0.2) is 16.3 Å². The molecule has 0 amide bonds. The Morgan fingerprint density at radius 2 is 1.91 bits per heavy atom. The Balaban J connectivity index is 1.59. The van der Waals surface area contributed by atoms with Gasteiger partial charge in [0.2, 0.25) is 0 Å². The summed E-state index contributed by atoms with van der Waals surface area (Å²) >= 11 is 0. The maximum absolute atomic E-state index is 10.8. The number of aryl methyl sites for hydroxylation is 1. The topological polar surface area (TPSA) is 64.2 Å². The van der Waals surface area contributed by atoms with Gasteiger partial charge in [-0.05, 0) is 109 Å². The summed E-state index contributed by atoms with van der Waals surface area (Å²) in [4.78, 5) is 0. The van der Waals surface area contributed by atoms with Crippen LogP contribution in [0.3, 0.4) is 0 Å². The van der Waals surface area contributed by atoms with Gasteiger partial charge in [0.05, 0.1) is 18.1 Å². The number of phenolic OH excluding ortho intramolecular Hbond substituents is 1. The highest BCUT2D eigenvalue weighted by molar-refractivity contribution is 5.49. The molecule has 174 valence electrons. The Morgan fingerprint density at radius 1 is 1.12 bits per heavy atom. The van der Waals surface area contributed by atoms with Gasteiger partial charge in [-0.3, -0.25) is 0 Å². The second-order valence-electron chi connectivity index (χ2n) is 11.1. The maximum Gasteiger partial charge on any atom is 0.116 e. The van der Waals surface area contributed by atoms with Crippen LogP contribution in [0.2, 0.25) is 0 Å². The summed E-state index contributed by atoms with van der Waals surface area (Å²) in [6, 6.07) is 17.1. The molecule has 2 aromatic carbocycles. The zero-order valence-electron chi connectivity index (χ0n) is 20.0. The van der Waals surface area contributed by atoms with Crippen LogP contribution in [0, 0.1) is 34.5 Å². The lowest BCUT2D eigenvalue weighted by atomic mass is 9.54. The van der Waals surface area contributed by atoms with Gasteiger partial charge in [-0.1, -0.05) is 44.2 Å². The van der Waals surface area contributed by atoms with Crippen molar-refractivity contribution in [2.24, 2.45) is 23.2 Å². The van der Waals surface area contributed by atoms with Crippen molar-refractivity contribution < 1.29 is 10.2 Å². The van der Waals surface area contributed by atoms with Gasteiger partial charge < -0.3 is 10.2 Å². The van der Waals surface area contributed by atoms with Crippen molar-refractivity contribution in [1.82, 2.24) is 0 Å². The van der Waals surface area contributed by atoms with Crippen LogP contribution in [0.1, 0.15) is 86.5 Å². The number of phenols is 1. The lowest BCUT2D eigenvalue weighted by molar-refractivity contribution is -0.0228. The van der Waals surface area contributed by atoms with E-state index < -0.39 is 0 Å². The molecule has 2 N–H and O–H groups in total. The first kappa shape index (κ1) is 22.5. The van der Waals surface area contributed by atoms with E-state index in [4.69, 9.17) is 0 Å². The predicted octanol–water partition coefficient (Wildman–Crippen LogP) is 6.49. The van der Waals surface area contributed by atoms with Crippen LogP contribution in [-0.2, 0) is 12.8 Å². The van der Waals surface area contributed by atoms with E-state index in [9.17, 15) is 15.5 Å². The fourth-order valence-electron chi connectivity index (χ4n) is 7.83. The van der Waals surface area contributed by atoms with Crippen LogP contribution in [0.4, 0.5) is 0 Å². The summed E-state index contributed by atoms with van der Waals surface area (Å²) in [5.74, 6) is 1.97. The second kappa shape index (κ2) is 8.80. The standard InChI is InChI=1S/C30H37NO2/c1-3-20(18-31)25(15-19-7-5-4-6-8-19)26-17-22(32)16-21-9-10-23-24(29(21)26)13-14-30(2)27(23)11-12-28(30)33/h4-8,16-17,20,23-25,27-28,32-33H,3,9-15H2,1-2H3/t20?,23-,24+,25?,27+,28-,30+/m1/s1. The molecule has 2 saturated carbocycles. The number of hydrogen-bond acceptors (Lipinski definition) is 3. The van der Waals surface area contributed by atoms with E-state index >= 15 is 0 Å². The Bertz CT molecular complexity index is 1040. The number of fused-ring (bicyclic) bond motifs is 5. The van der Waals surface area contributed by atoms with E-state index in [0.717, 1.165) is 51.4 Å². The van der Waals surface area contributed by atoms with Crippen molar-refractivity contribution in [2.45, 2.75) is 83.2 Å². The van der Waals surface area contributed by atoms with Crippen LogP contribution in [0.15, 0.2) is 42.5 Å². The molecule has 3 aliphatic carbocycles. The number of benzene rings is 2. The highest BCUT2D eigenvalue weighted by atomic mass is 16.3. The second-order valence-corrected chi connectivity index (χ2v) is 11.1. The third-order valence-corrected chi connectivity index (χ3v) is 9.58. The molecule has 0 radical (unpaired) electrons. The zero-order chi connectivity index (χ0) is 23.2. The number of aliphatic hydroxyl groups is 1. The van der Waals surface area contributed by atoms with Gasteiger partial charge in [-0.25, -0.2) is 0 Å². The van der Waals surface area contributed by atoms with Gasteiger partial charge in [0.1, 0.15) is 5.75 Å². The Hall–Kier alpha value is -2.31. The molecule has 2 unspecified atom stereocenters. The first-order valence-electron chi connectivity index (χ1n) is 12.9. The van der Waals surface area contributed by atoms with Crippen molar-refractivity contribution in [2.75, 3.05) is 0 Å². The van der Waals surface area contributed by atoms with Crippen LogP contribution < -0.4 is 0 Å². The number of aromatic hydroxyl groups is 1. The number of aliphatic hydroxyl groups excluding tert-OH is 1. The number of nitriles is 1. The molecular formula is C30H37NO2. The molecule has 0 bridgehead atoms. The Morgan fingerprint density at radius 3 is 2.64 bits per heavy atom. The van der Waals surface area contributed by atoms with Crippen molar-refractivity contribution >= 4 is 0 Å². The summed E-state index contributed by atoms with van der Waals surface area (Å²) in [6.07, 6.45) is 7.82. The van der Waals surface area contributed by atoms with Crippen LogP contribution in [0.5, 0.6) is 5.75 Å². The van der Waals surface area contributed by atoms with Crippen molar-refractivity contribution in [1.29, 1.82) is 5.26 Å². The number of rotatable bonds is 5. The number of hydrogen-bond donors (Lipinski definition) is 2. The number of nitrogens with zero attached hydrogens (tertiary/aromatic N) is 1. The highest BCUT2D eigenvalue weighted by Gasteiger charge is 2.54. The van der Waals surface area contributed by atoms with Gasteiger partial charge in [-0.15, -0.1) is 0 Å². The molecule has 3 heteroatoms. The van der Waals surface area contributed by atoms with Crippen molar-refractivity contribution in [3.05, 3.63) is 64.7 Å². The Kier molecular flexibility index (Phi) is 6.00. The fraction of sp³-hybridized carbons (Fsp3) is 0.567. The Labute approximate surface area is 198 Å². The zero-order valence-corrected chi connectivity index (χ0v) is 20.0. The lowest BCUT2D eigenvalue weighted by Gasteiger charge is -2.51. The lowest BCUT2D eigenvalue weighted by Crippen LogP contribution is -2.44. The molecule has 2 fully saturated rings. The molecule has 2 aromatic rings. The largest absolute Gasteiger partial charge is 0.508 e. The van der Waals surface area contributed by atoms with Gasteiger partial charge in [0.15, 0.2) is 0 Å². The van der Waals surface area contributed by atoms with Crippen molar-refractivity contribution in [3.8, 4) is 11.8 Å². The summed E-state index contributed by atoms with van der Waals surface area (Å²) in [7, 11) is 0. The average Bonchev–Trinajstić information content (AvgIpc) is 3.13. The molecule has 5 rings (SSSR count). The average molecular weight is 444 g/mol. The summed E-state index contributed by atoms with van der Waals surface area (Å²) in [5.41, 5.74) is 5.23. The molecular weight excluding hydrogens is 406 g/mol. The maximum atomic E-state index is 10.8. The molecule has 0 heterocycles. The summed E-state index contributed by atoms with van der Waals surface area (Å²) in [5, 5.41) is 31.6. The van der Waals surface area contributed by atoms with E-state index in [-0.39, 0.29) is 23.4 Å². The molecule has 0 spiro atoms. The molecule has 3 nitrogen and oxygen atoms in total. The fourth-order valence-corrected chi connectivity index (χ4v) is 7.83. The monoisotopic (exact) mass is 443 g/mol. The van der Waals surface area contributed by atoms with Gasteiger partial charge >= 0.3 is 0 Å². The minimum absolute atomic E-state index is 0.0534. The quantitative estimate of drug-likeness (QED) is 0.555. The molecule has 7 atom stereocenters. The van der Waals surface area contributed by atoms with Gasteiger partial charge in [0.25, 0.3) is 0 Å². The van der Waals surface area contributed by atoms with E-state index in [2.05, 4.69) is 44.2 Å². The van der Waals surface area contributed by atoms with E-state index in [1.165, 1.54) is 22.3 Å². The summed E-state index contributed by atoms with van der Waals surface area (Å²) < 4.78 is 0. The SMILES string of the molecule is CCC(C#N)C(Cc1ccccc1)c1cc(O)cc2c1[C@H]1CC[C@]3(C)[C@H](O)CC[C@H]3[C@@H]1CC2. The first-order chi connectivity index (χ1) is 16.0. The summed E-state index contributed by atoms with van der Waals surface area (Å²) in [6.45, 7) is 4.43. The van der Waals surface area contributed by atoms with Crippen molar-refractivity contribution in [3.63, 3.8) is 0 Å². The first-order valence-corrected chi connectivity index (χ1v) is 12.9. The van der Waals surface area contributed by atoms with Crippen LogP contribution in [0.25, 0.3) is 0 Å². The molecule has 33 heavy (non-hydrogen) atoms. The third-order valence-electron chi connectivity index (χ3n) is 9.58. The third kappa shape index (κ3) is 3.77. The van der Waals surface area contributed by atoms with Crippen LogP contribution >= 0.6 is 0 Å². The smallest absolute Gasteiger partial charge is 0.116 e. The van der Waals surface area contributed by atoms with Gasteiger partial charge in [-0.2, -0.15) is 5.26 Å². The normalized spacial score (nSPS) is 32.2. The predicted molar refractivity (Wildman–Crippen MR) is 131 cm³/mol. The molecule has 0 saturated heterocycles. The minimum Gasteiger partial charge on any atom is -0.508 e. The van der Waals surface area contributed by atoms with Gasteiger partial charge in [0, 0.05) is 5.92 Å². The van der Waals surface area contributed by atoms with E-state index in [1.807, 2.05) is 18.2 Å². The minimum atomic E-state index is -0.168. The molecule has 3 aliphatic rings. The van der Waals surface area contributed by atoms with E-state index in [1.54, 1.807) is 0 Å².